The maximum Gasteiger partial charge on any atom is 0.126 e. The van der Waals surface area contributed by atoms with Crippen LogP contribution in [0, 0.1) is 5.82 Å². The van der Waals surface area contributed by atoms with Crippen LogP contribution in [-0.2, 0) is 13.0 Å². The van der Waals surface area contributed by atoms with Crippen molar-refractivity contribution in [1.82, 2.24) is 4.90 Å². The normalized spacial score (nSPS) is 16.9. The molecule has 0 saturated carbocycles. The average Bonchev–Trinajstić information content (AvgIpc) is 2.80. The molecule has 0 aliphatic carbocycles. The molecule has 1 aromatic rings. The van der Waals surface area contributed by atoms with Gasteiger partial charge in [-0.05, 0) is 49.5 Å². The third-order valence-corrected chi connectivity index (χ3v) is 3.25. The molecule has 1 heterocycles. The molecule has 1 saturated heterocycles. The molecule has 3 heteroatoms. The Balaban J connectivity index is 1.93. The van der Waals surface area contributed by atoms with Gasteiger partial charge in [-0.1, -0.05) is 12.1 Å². The van der Waals surface area contributed by atoms with Crippen LogP contribution in [0.15, 0.2) is 18.2 Å². The summed E-state index contributed by atoms with van der Waals surface area (Å²) in [6.45, 7) is 3.72. The number of nitrogens with two attached hydrogens (primary N) is 1. The maximum absolute atomic E-state index is 13.6. The predicted octanol–water partition coefficient (Wildman–Crippen LogP) is 1.92. The zero-order chi connectivity index (χ0) is 11.4. The SMILES string of the molecule is NCc1ccc(CCN2CCCC2)c(F)c1. The summed E-state index contributed by atoms with van der Waals surface area (Å²) in [6, 6.07) is 5.34. The molecule has 1 fully saturated rings. The molecule has 1 aliphatic heterocycles. The molecule has 16 heavy (non-hydrogen) atoms. The van der Waals surface area contributed by atoms with Crippen molar-refractivity contribution in [2.45, 2.75) is 25.8 Å². The summed E-state index contributed by atoms with van der Waals surface area (Å²) in [5, 5.41) is 0. The van der Waals surface area contributed by atoms with E-state index >= 15 is 0 Å². The van der Waals surface area contributed by atoms with Crippen molar-refractivity contribution in [2.24, 2.45) is 5.73 Å². The third-order valence-electron chi connectivity index (χ3n) is 3.25. The van der Waals surface area contributed by atoms with Gasteiger partial charge in [-0.2, -0.15) is 0 Å². The summed E-state index contributed by atoms with van der Waals surface area (Å²) in [7, 11) is 0. The molecule has 0 bridgehead atoms. The second kappa shape index (κ2) is 5.41. The van der Waals surface area contributed by atoms with Gasteiger partial charge in [-0.25, -0.2) is 4.39 Å². The summed E-state index contributed by atoms with van der Waals surface area (Å²) < 4.78 is 13.6. The molecule has 0 amide bonds. The number of nitrogens with zero attached hydrogens (tertiary/aromatic N) is 1. The van der Waals surface area contributed by atoms with Gasteiger partial charge in [0, 0.05) is 13.1 Å². The highest BCUT2D eigenvalue weighted by Crippen LogP contribution is 2.13. The van der Waals surface area contributed by atoms with Crippen LogP contribution in [0.25, 0.3) is 0 Å². The van der Waals surface area contributed by atoms with E-state index in [2.05, 4.69) is 4.90 Å². The van der Waals surface area contributed by atoms with Gasteiger partial charge in [-0.15, -0.1) is 0 Å². The Morgan fingerprint density at radius 2 is 2.00 bits per heavy atom. The van der Waals surface area contributed by atoms with Crippen LogP contribution in [0.5, 0.6) is 0 Å². The van der Waals surface area contributed by atoms with E-state index in [1.807, 2.05) is 12.1 Å². The number of halogens is 1. The zero-order valence-electron chi connectivity index (χ0n) is 9.58. The molecule has 2 rings (SSSR count). The zero-order valence-corrected chi connectivity index (χ0v) is 9.58. The molecule has 0 spiro atoms. The van der Waals surface area contributed by atoms with Gasteiger partial charge in [0.15, 0.2) is 0 Å². The smallest absolute Gasteiger partial charge is 0.126 e. The van der Waals surface area contributed by atoms with Crippen LogP contribution in [0.2, 0.25) is 0 Å². The molecule has 2 N–H and O–H groups in total. The molecule has 0 unspecified atom stereocenters. The first kappa shape index (κ1) is 11.6. The largest absolute Gasteiger partial charge is 0.326 e. The quantitative estimate of drug-likeness (QED) is 0.843. The predicted molar refractivity (Wildman–Crippen MR) is 63.7 cm³/mol. The fourth-order valence-electron chi connectivity index (χ4n) is 2.21. The lowest BCUT2D eigenvalue weighted by molar-refractivity contribution is 0.341. The highest BCUT2D eigenvalue weighted by atomic mass is 19.1. The van der Waals surface area contributed by atoms with Crippen LogP contribution >= 0.6 is 0 Å². The Hall–Kier alpha value is -0.930. The monoisotopic (exact) mass is 222 g/mol. The standard InChI is InChI=1S/C13H19FN2/c14-13-9-11(10-15)3-4-12(13)5-8-16-6-1-2-7-16/h3-4,9H,1-2,5-8,10,15H2. The molecule has 0 aromatic heterocycles. The number of rotatable bonds is 4. The first-order valence-corrected chi connectivity index (χ1v) is 5.99. The summed E-state index contributed by atoms with van der Waals surface area (Å²) in [5.41, 5.74) is 7.14. The van der Waals surface area contributed by atoms with Crippen molar-refractivity contribution >= 4 is 0 Å². The van der Waals surface area contributed by atoms with Crippen molar-refractivity contribution < 1.29 is 4.39 Å². The van der Waals surface area contributed by atoms with Crippen molar-refractivity contribution in [1.29, 1.82) is 0 Å². The molecule has 88 valence electrons. The summed E-state index contributed by atoms with van der Waals surface area (Å²) in [5.74, 6) is -0.109. The number of benzene rings is 1. The van der Waals surface area contributed by atoms with E-state index in [1.165, 1.54) is 25.9 Å². The Labute approximate surface area is 96.2 Å². The van der Waals surface area contributed by atoms with E-state index in [9.17, 15) is 4.39 Å². The number of hydrogen-bond acceptors (Lipinski definition) is 2. The average molecular weight is 222 g/mol. The topological polar surface area (TPSA) is 29.3 Å². The minimum absolute atomic E-state index is 0.109. The fourth-order valence-corrected chi connectivity index (χ4v) is 2.21. The van der Waals surface area contributed by atoms with Gasteiger partial charge in [0.05, 0.1) is 0 Å². The second-order valence-corrected chi connectivity index (χ2v) is 4.43. The van der Waals surface area contributed by atoms with Crippen LogP contribution < -0.4 is 5.73 Å². The van der Waals surface area contributed by atoms with E-state index < -0.39 is 0 Å². The van der Waals surface area contributed by atoms with E-state index in [-0.39, 0.29) is 5.82 Å². The van der Waals surface area contributed by atoms with Crippen molar-refractivity contribution in [2.75, 3.05) is 19.6 Å². The lowest BCUT2D eigenvalue weighted by Gasteiger charge is -2.14. The molecule has 0 atom stereocenters. The first-order chi connectivity index (χ1) is 7.79. The van der Waals surface area contributed by atoms with Gasteiger partial charge >= 0.3 is 0 Å². The minimum Gasteiger partial charge on any atom is -0.326 e. The molecular weight excluding hydrogens is 203 g/mol. The Bertz CT molecular complexity index is 346. The van der Waals surface area contributed by atoms with Gasteiger partial charge in [-0.3, -0.25) is 0 Å². The minimum atomic E-state index is -0.109. The molecule has 1 aliphatic rings. The van der Waals surface area contributed by atoms with E-state index in [4.69, 9.17) is 5.73 Å². The van der Waals surface area contributed by atoms with Crippen molar-refractivity contribution in [3.8, 4) is 0 Å². The summed E-state index contributed by atoms with van der Waals surface area (Å²) in [4.78, 5) is 2.40. The fraction of sp³-hybridized carbons (Fsp3) is 0.538. The highest BCUT2D eigenvalue weighted by Gasteiger charge is 2.12. The van der Waals surface area contributed by atoms with E-state index in [0.717, 1.165) is 24.1 Å². The maximum atomic E-state index is 13.6. The van der Waals surface area contributed by atoms with E-state index in [1.54, 1.807) is 6.07 Å². The Kier molecular flexibility index (Phi) is 3.91. The van der Waals surface area contributed by atoms with Gasteiger partial charge < -0.3 is 10.6 Å². The van der Waals surface area contributed by atoms with Crippen LogP contribution in [0.1, 0.15) is 24.0 Å². The van der Waals surface area contributed by atoms with Gasteiger partial charge in [0.25, 0.3) is 0 Å². The molecule has 0 radical (unpaired) electrons. The lowest BCUT2D eigenvalue weighted by Crippen LogP contribution is -2.22. The summed E-state index contributed by atoms with van der Waals surface area (Å²) in [6.07, 6.45) is 3.37. The number of hydrogen-bond donors (Lipinski definition) is 1. The second-order valence-electron chi connectivity index (χ2n) is 4.43. The lowest BCUT2D eigenvalue weighted by atomic mass is 10.1. The molecule has 1 aromatic carbocycles. The van der Waals surface area contributed by atoms with Crippen molar-refractivity contribution in [3.05, 3.63) is 35.1 Å². The van der Waals surface area contributed by atoms with E-state index in [0.29, 0.717) is 6.54 Å². The van der Waals surface area contributed by atoms with Crippen LogP contribution in [0.3, 0.4) is 0 Å². The highest BCUT2D eigenvalue weighted by molar-refractivity contribution is 5.24. The Morgan fingerprint density at radius 1 is 1.25 bits per heavy atom. The van der Waals surface area contributed by atoms with Crippen LogP contribution in [0.4, 0.5) is 4.39 Å². The molecular formula is C13H19FN2. The Morgan fingerprint density at radius 3 is 2.62 bits per heavy atom. The third kappa shape index (κ3) is 2.80. The molecule has 2 nitrogen and oxygen atoms in total. The van der Waals surface area contributed by atoms with Gasteiger partial charge in [0.1, 0.15) is 5.82 Å². The number of likely N-dealkylation sites (tertiary alicyclic amines) is 1. The van der Waals surface area contributed by atoms with Crippen LogP contribution in [-0.4, -0.2) is 24.5 Å². The van der Waals surface area contributed by atoms with Gasteiger partial charge in [0.2, 0.25) is 0 Å². The summed E-state index contributed by atoms with van der Waals surface area (Å²) >= 11 is 0. The van der Waals surface area contributed by atoms with Crippen molar-refractivity contribution in [3.63, 3.8) is 0 Å². The first-order valence-electron chi connectivity index (χ1n) is 5.99.